The molecule has 7 heteroatoms. The molecule has 0 spiro atoms. The molecule has 6 nitrogen and oxygen atoms in total. The molecule has 1 heterocycles. The fourth-order valence-corrected chi connectivity index (χ4v) is 2.56. The molecule has 0 aliphatic rings. The van der Waals surface area contributed by atoms with Crippen molar-refractivity contribution in [2.24, 2.45) is 0 Å². The summed E-state index contributed by atoms with van der Waals surface area (Å²) in [4.78, 5) is 24.2. The number of furan rings is 1. The number of hydrogen-bond acceptors (Lipinski definition) is 5. The van der Waals surface area contributed by atoms with Crippen LogP contribution in [0.15, 0.2) is 53.1 Å². The summed E-state index contributed by atoms with van der Waals surface area (Å²) in [6, 6.07) is 11.2. The molecule has 0 unspecified atom stereocenters. The second-order valence-electron chi connectivity index (χ2n) is 5.75. The van der Waals surface area contributed by atoms with Crippen LogP contribution < -0.4 is 5.32 Å². The number of hydrogen-bond donors (Lipinski definition) is 2. The van der Waals surface area contributed by atoms with Gasteiger partial charge in [-0.3, -0.25) is 9.59 Å². The van der Waals surface area contributed by atoms with Crippen molar-refractivity contribution in [3.63, 3.8) is 0 Å². The molecule has 134 valence electrons. The molecular formula is C19H16ClNO5. The van der Waals surface area contributed by atoms with Crippen molar-refractivity contribution in [3.05, 3.63) is 59.3 Å². The number of carbonyl (C=O) groups is 2. The van der Waals surface area contributed by atoms with Crippen LogP contribution >= 0.6 is 11.6 Å². The van der Waals surface area contributed by atoms with E-state index in [1.165, 1.54) is 25.3 Å². The number of carbonyl (C=O) groups excluding carboxylic acids is 2. The highest BCUT2D eigenvalue weighted by molar-refractivity contribution is 6.30. The summed E-state index contributed by atoms with van der Waals surface area (Å²) in [5, 5.41) is 13.3. The van der Waals surface area contributed by atoms with Gasteiger partial charge in [0.05, 0.1) is 12.7 Å². The number of esters is 1. The van der Waals surface area contributed by atoms with Gasteiger partial charge >= 0.3 is 5.97 Å². The quantitative estimate of drug-likeness (QED) is 0.662. The van der Waals surface area contributed by atoms with Crippen molar-refractivity contribution in [1.82, 2.24) is 0 Å². The molecule has 0 aliphatic carbocycles. The topological polar surface area (TPSA) is 88.8 Å². The molecule has 0 aliphatic heterocycles. The highest BCUT2D eigenvalue weighted by Gasteiger charge is 2.19. The largest absolute Gasteiger partial charge is 0.508 e. The monoisotopic (exact) mass is 373 g/mol. The Morgan fingerprint density at radius 2 is 1.96 bits per heavy atom. The summed E-state index contributed by atoms with van der Waals surface area (Å²) in [6.07, 6.45) is 0.431. The number of fused-ring (bicyclic) bond motifs is 1. The lowest BCUT2D eigenvalue weighted by Gasteiger charge is -2.13. The van der Waals surface area contributed by atoms with E-state index < -0.39 is 18.0 Å². The third-order valence-electron chi connectivity index (χ3n) is 3.76. The molecule has 0 fully saturated rings. The number of phenols is 1. The number of ether oxygens (including phenoxy) is 1. The van der Waals surface area contributed by atoms with E-state index >= 15 is 0 Å². The van der Waals surface area contributed by atoms with E-state index in [1.807, 2.05) is 0 Å². The number of aromatic hydroxyl groups is 1. The van der Waals surface area contributed by atoms with Crippen molar-refractivity contribution in [3.8, 4) is 5.75 Å². The number of anilines is 1. The molecule has 0 saturated heterocycles. The lowest BCUT2D eigenvalue weighted by molar-refractivity contribution is -0.152. The summed E-state index contributed by atoms with van der Waals surface area (Å²) in [6.45, 7) is 1.49. The van der Waals surface area contributed by atoms with Gasteiger partial charge in [-0.2, -0.15) is 0 Å². The average molecular weight is 374 g/mol. The molecule has 3 aromatic rings. The number of rotatable bonds is 5. The Kier molecular flexibility index (Phi) is 5.14. The molecule has 1 aromatic heterocycles. The molecule has 3 rings (SSSR count). The molecule has 0 saturated carbocycles. The van der Waals surface area contributed by atoms with Crippen LogP contribution in [0.3, 0.4) is 0 Å². The van der Waals surface area contributed by atoms with Crippen molar-refractivity contribution in [2.75, 3.05) is 5.32 Å². The maximum absolute atomic E-state index is 12.1. The van der Waals surface area contributed by atoms with E-state index in [0.29, 0.717) is 27.2 Å². The molecule has 0 radical (unpaired) electrons. The minimum Gasteiger partial charge on any atom is -0.508 e. The van der Waals surface area contributed by atoms with Gasteiger partial charge in [-0.25, -0.2) is 0 Å². The highest BCUT2D eigenvalue weighted by atomic mass is 35.5. The molecular weight excluding hydrogens is 358 g/mol. The second-order valence-corrected chi connectivity index (χ2v) is 6.18. The standard InChI is InChI=1S/C19H16ClNO5/c1-11(19(24)21-14-4-2-13(20)3-5-14)26-18(23)8-12-10-25-17-9-15(22)6-7-16(12)17/h2-7,9-11,22H,8H2,1H3,(H,21,24)/t11-/m1/s1. The number of phenolic OH excluding ortho intramolecular Hbond substituents is 1. The van der Waals surface area contributed by atoms with Crippen LogP contribution in [0.2, 0.25) is 5.02 Å². The SMILES string of the molecule is C[C@@H](OC(=O)Cc1coc2cc(O)ccc12)C(=O)Nc1ccc(Cl)cc1. The van der Waals surface area contributed by atoms with Crippen LogP contribution in [0, 0.1) is 0 Å². The van der Waals surface area contributed by atoms with Gasteiger partial charge in [-0.1, -0.05) is 11.6 Å². The Hall–Kier alpha value is -2.99. The number of nitrogens with one attached hydrogen (secondary N) is 1. The number of benzene rings is 2. The van der Waals surface area contributed by atoms with E-state index in [4.69, 9.17) is 20.8 Å². The maximum Gasteiger partial charge on any atom is 0.311 e. The lowest BCUT2D eigenvalue weighted by Crippen LogP contribution is -2.30. The predicted octanol–water partition coefficient (Wildman–Crippen LogP) is 3.90. The van der Waals surface area contributed by atoms with E-state index in [0.717, 1.165) is 0 Å². The zero-order chi connectivity index (χ0) is 18.7. The smallest absolute Gasteiger partial charge is 0.311 e. The Morgan fingerprint density at radius 3 is 2.69 bits per heavy atom. The van der Waals surface area contributed by atoms with E-state index in [9.17, 15) is 14.7 Å². The van der Waals surface area contributed by atoms with Crippen molar-refractivity contribution < 1.29 is 23.8 Å². The lowest BCUT2D eigenvalue weighted by atomic mass is 10.1. The Bertz CT molecular complexity index is 948. The van der Waals surface area contributed by atoms with Crippen molar-refractivity contribution in [2.45, 2.75) is 19.4 Å². The highest BCUT2D eigenvalue weighted by Crippen LogP contribution is 2.25. The predicted molar refractivity (Wildman–Crippen MR) is 97.2 cm³/mol. The molecule has 2 aromatic carbocycles. The molecule has 1 amide bonds. The van der Waals surface area contributed by atoms with Gasteiger partial charge in [0, 0.05) is 27.7 Å². The Morgan fingerprint density at radius 1 is 1.23 bits per heavy atom. The zero-order valence-electron chi connectivity index (χ0n) is 13.9. The van der Waals surface area contributed by atoms with E-state index in [2.05, 4.69) is 5.32 Å². The van der Waals surface area contributed by atoms with Crippen molar-refractivity contribution >= 4 is 40.1 Å². The Labute approximate surface area is 154 Å². The van der Waals surface area contributed by atoms with Crippen LogP contribution in [0.1, 0.15) is 12.5 Å². The van der Waals surface area contributed by atoms with Crippen LogP contribution in [0.4, 0.5) is 5.69 Å². The summed E-state index contributed by atoms with van der Waals surface area (Å²) < 4.78 is 10.5. The van der Waals surface area contributed by atoms with Gasteiger partial charge < -0.3 is 19.6 Å². The fraction of sp³-hybridized carbons (Fsp3) is 0.158. The van der Waals surface area contributed by atoms with Crippen LogP contribution in [-0.2, 0) is 20.7 Å². The molecule has 1 atom stereocenters. The van der Waals surface area contributed by atoms with Gasteiger partial charge in [0.15, 0.2) is 6.10 Å². The first-order valence-electron chi connectivity index (χ1n) is 7.87. The second kappa shape index (κ2) is 7.49. The first kappa shape index (κ1) is 17.8. The molecule has 2 N–H and O–H groups in total. The summed E-state index contributed by atoms with van der Waals surface area (Å²) in [5.74, 6) is -0.921. The van der Waals surface area contributed by atoms with Gasteiger partial charge in [0.25, 0.3) is 5.91 Å². The summed E-state index contributed by atoms with van der Waals surface area (Å²) >= 11 is 5.79. The first-order valence-corrected chi connectivity index (χ1v) is 8.25. The minimum absolute atomic E-state index is 0.0453. The number of amides is 1. The molecule has 0 bridgehead atoms. The molecule has 26 heavy (non-hydrogen) atoms. The van der Waals surface area contributed by atoms with Gasteiger partial charge in [0.2, 0.25) is 0 Å². The third-order valence-corrected chi connectivity index (χ3v) is 4.02. The normalized spacial score (nSPS) is 11.9. The van der Waals surface area contributed by atoms with E-state index in [1.54, 1.807) is 30.3 Å². The summed E-state index contributed by atoms with van der Waals surface area (Å²) in [5.41, 5.74) is 1.65. The first-order chi connectivity index (χ1) is 12.4. The third kappa shape index (κ3) is 4.15. The number of halogens is 1. The van der Waals surface area contributed by atoms with E-state index in [-0.39, 0.29) is 12.2 Å². The average Bonchev–Trinajstić information content (AvgIpc) is 2.98. The van der Waals surface area contributed by atoms with Crippen molar-refractivity contribution in [1.29, 1.82) is 0 Å². The van der Waals surface area contributed by atoms with Gasteiger partial charge in [-0.15, -0.1) is 0 Å². The fourth-order valence-electron chi connectivity index (χ4n) is 2.43. The maximum atomic E-state index is 12.1. The van der Waals surface area contributed by atoms with Crippen LogP contribution in [0.5, 0.6) is 5.75 Å². The summed E-state index contributed by atoms with van der Waals surface area (Å²) in [7, 11) is 0. The minimum atomic E-state index is -0.958. The van der Waals surface area contributed by atoms with Crippen LogP contribution in [-0.4, -0.2) is 23.1 Å². The zero-order valence-corrected chi connectivity index (χ0v) is 14.6. The van der Waals surface area contributed by atoms with Crippen LogP contribution in [0.25, 0.3) is 11.0 Å². The van der Waals surface area contributed by atoms with Gasteiger partial charge in [-0.05, 0) is 43.3 Å². The Balaban J connectivity index is 1.59. The van der Waals surface area contributed by atoms with Gasteiger partial charge in [0.1, 0.15) is 11.3 Å².